The van der Waals surface area contributed by atoms with Gasteiger partial charge in [-0.3, -0.25) is 9.69 Å². The number of fused-ring (bicyclic) bond motifs is 1. The van der Waals surface area contributed by atoms with Crippen molar-refractivity contribution in [1.29, 1.82) is 0 Å². The van der Waals surface area contributed by atoms with Crippen molar-refractivity contribution in [2.75, 3.05) is 31.1 Å². The van der Waals surface area contributed by atoms with Crippen LogP contribution < -0.4 is 4.90 Å². The van der Waals surface area contributed by atoms with Crippen LogP contribution in [0.4, 0.5) is 5.13 Å². The third kappa shape index (κ3) is 4.37. The zero-order valence-electron chi connectivity index (χ0n) is 16.5. The lowest BCUT2D eigenvalue weighted by atomic mass is 10.1. The standard InChI is InChI=1S/C22H27N3OS/c1-5-24(6-2)12-13-25(21(26)18-10-8-7-9-11-18)22-23-20-17(4)14-16(3)15-19(20)27-22/h7-11,14-15H,5-6,12-13H2,1-4H3. The molecule has 0 aliphatic carbocycles. The van der Waals surface area contributed by atoms with Crippen molar-refractivity contribution < 1.29 is 4.79 Å². The normalized spacial score (nSPS) is 11.3. The van der Waals surface area contributed by atoms with E-state index in [1.807, 2.05) is 35.2 Å². The lowest BCUT2D eigenvalue weighted by molar-refractivity contribution is 0.0984. The van der Waals surface area contributed by atoms with Crippen LogP contribution in [0.2, 0.25) is 0 Å². The average molecular weight is 382 g/mol. The zero-order chi connectivity index (χ0) is 19.4. The molecule has 1 aromatic heterocycles. The summed E-state index contributed by atoms with van der Waals surface area (Å²) in [6.07, 6.45) is 0. The summed E-state index contributed by atoms with van der Waals surface area (Å²) in [7, 11) is 0. The highest BCUT2D eigenvalue weighted by molar-refractivity contribution is 7.22. The minimum atomic E-state index is 0.0104. The molecule has 0 atom stereocenters. The van der Waals surface area contributed by atoms with E-state index in [1.165, 1.54) is 5.56 Å². The first kappa shape index (κ1) is 19.5. The summed E-state index contributed by atoms with van der Waals surface area (Å²) < 4.78 is 1.14. The fourth-order valence-corrected chi connectivity index (χ4v) is 4.44. The first-order valence-corrected chi connectivity index (χ1v) is 10.3. The number of likely N-dealkylation sites (N-methyl/N-ethyl adjacent to an activating group) is 1. The second-order valence-corrected chi connectivity index (χ2v) is 7.78. The SMILES string of the molecule is CCN(CC)CCN(C(=O)c1ccccc1)c1nc2c(C)cc(C)cc2s1. The highest BCUT2D eigenvalue weighted by Crippen LogP contribution is 2.32. The second kappa shape index (κ2) is 8.63. The predicted octanol–water partition coefficient (Wildman–Crippen LogP) is 4.90. The monoisotopic (exact) mass is 381 g/mol. The van der Waals surface area contributed by atoms with Crippen molar-refractivity contribution in [2.24, 2.45) is 0 Å². The Hall–Kier alpha value is -2.24. The number of hydrogen-bond donors (Lipinski definition) is 0. The van der Waals surface area contributed by atoms with Crippen molar-refractivity contribution >= 4 is 32.6 Å². The zero-order valence-corrected chi connectivity index (χ0v) is 17.3. The molecule has 4 nitrogen and oxygen atoms in total. The van der Waals surface area contributed by atoms with Gasteiger partial charge in [0.05, 0.1) is 10.2 Å². The summed E-state index contributed by atoms with van der Waals surface area (Å²) in [5.74, 6) is 0.0104. The van der Waals surface area contributed by atoms with E-state index in [1.54, 1.807) is 11.3 Å². The second-order valence-electron chi connectivity index (χ2n) is 6.77. The van der Waals surface area contributed by atoms with Gasteiger partial charge in [-0.2, -0.15) is 0 Å². The van der Waals surface area contributed by atoms with Gasteiger partial charge >= 0.3 is 0 Å². The van der Waals surface area contributed by atoms with Crippen molar-refractivity contribution in [1.82, 2.24) is 9.88 Å². The summed E-state index contributed by atoms with van der Waals surface area (Å²) in [5, 5.41) is 0.778. The number of amides is 1. The number of nitrogens with zero attached hydrogens (tertiary/aromatic N) is 3. The number of aromatic nitrogens is 1. The van der Waals surface area contributed by atoms with Crippen LogP contribution in [0.5, 0.6) is 0 Å². The maximum absolute atomic E-state index is 13.2. The van der Waals surface area contributed by atoms with Gasteiger partial charge in [0.15, 0.2) is 5.13 Å². The van der Waals surface area contributed by atoms with Gasteiger partial charge in [0.1, 0.15) is 0 Å². The molecule has 0 aliphatic heterocycles. The molecule has 0 fully saturated rings. The summed E-state index contributed by atoms with van der Waals surface area (Å²) in [6.45, 7) is 11.9. The first-order valence-electron chi connectivity index (χ1n) is 9.50. The van der Waals surface area contributed by atoms with Gasteiger partial charge in [-0.15, -0.1) is 0 Å². The minimum Gasteiger partial charge on any atom is -0.302 e. The number of aryl methyl sites for hydroxylation is 2. The molecule has 1 amide bonds. The van der Waals surface area contributed by atoms with Gasteiger partial charge in [-0.25, -0.2) is 4.98 Å². The fraction of sp³-hybridized carbons (Fsp3) is 0.364. The van der Waals surface area contributed by atoms with Crippen molar-refractivity contribution in [3.05, 3.63) is 59.2 Å². The molecule has 0 aliphatic rings. The smallest absolute Gasteiger partial charge is 0.260 e. The van der Waals surface area contributed by atoms with Gasteiger partial charge in [0, 0.05) is 18.7 Å². The van der Waals surface area contributed by atoms with Crippen LogP contribution in [0.3, 0.4) is 0 Å². The Morgan fingerprint density at radius 2 is 1.74 bits per heavy atom. The molecule has 0 saturated carbocycles. The van der Waals surface area contributed by atoms with E-state index in [-0.39, 0.29) is 5.91 Å². The van der Waals surface area contributed by atoms with Crippen molar-refractivity contribution in [2.45, 2.75) is 27.7 Å². The van der Waals surface area contributed by atoms with Crippen LogP contribution in [-0.2, 0) is 0 Å². The summed E-state index contributed by atoms with van der Waals surface area (Å²) in [5.41, 5.74) is 4.07. The number of anilines is 1. The van der Waals surface area contributed by atoms with E-state index in [0.29, 0.717) is 12.1 Å². The maximum Gasteiger partial charge on any atom is 0.260 e. The number of benzene rings is 2. The van der Waals surface area contributed by atoms with Crippen molar-refractivity contribution in [3.63, 3.8) is 0 Å². The van der Waals surface area contributed by atoms with Crippen LogP contribution in [0.15, 0.2) is 42.5 Å². The van der Waals surface area contributed by atoms with Gasteiger partial charge in [-0.05, 0) is 56.3 Å². The molecule has 0 bridgehead atoms. The molecule has 0 N–H and O–H groups in total. The van der Waals surface area contributed by atoms with Gasteiger partial charge in [0.25, 0.3) is 5.91 Å². The molecule has 0 spiro atoms. The van der Waals surface area contributed by atoms with E-state index < -0.39 is 0 Å². The fourth-order valence-electron chi connectivity index (χ4n) is 3.28. The molecule has 3 aromatic rings. The molecule has 5 heteroatoms. The van der Waals surface area contributed by atoms with E-state index in [4.69, 9.17) is 4.98 Å². The number of hydrogen-bond acceptors (Lipinski definition) is 4. The Morgan fingerprint density at radius 3 is 2.41 bits per heavy atom. The third-order valence-electron chi connectivity index (χ3n) is 4.85. The number of carbonyl (C=O) groups excluding carboxylic acids is 1. The van der Waals surface area contributed by atoms with E-state index >= 15 is 0 Å². The molecular formula is C22H27N3OS. The number of rotatable bonds is 7. The predicted molar refractivity (Wildman–Crippen MR) is 115 cm³/mol. The lowest BCUT2D eigenvalue weighted by Crippen LogP contribution is -2.38. The topological polar surface area (TPSA) is 36.4 Å². The number of carbonyl (C=O) groups is 1. The van der Waals surface area contributed by atoms with E-state index in [9.17, 15) is 4.79 Å². The van der Waals surface area contributed by atoms with E-state index in [0.717, 1.165) is 40.5 Å². The molecule has 2 aromatic carbocycles. The highest BCUT2D eigenvalue weighted by atomic mass is 32.1. The largest absolute Gasteiger partial charge is 0.302 e. The highest BCUT2D eigenvalue weighted by Gasteiger charge is 2.22. The van der Waals surface area contributed by atoms with Gasteiger partial charge < -0.3 is 4.90 Å². The Kier molecular flexibility index (Phi) is 6.24. The summed E-state index contributed by atoms with van der Waals surface area (Å²) in [6, 6.07) is 13.8. The van der Waals surface area contributed by atoms with Crippen LogP contribution in [0.1, 0.15) is 35.3 Å². The first-order chi connectivity index (χ1) is 13.0. The Morgan fingerprint density at radius 1 is 1.04 bits per heavy atom. The quantitative estimate of drug-likeness (QED) is 0.584. The maximum atomic E-state index is 13.2. The number of thiazole rings is 1. The van der Waals surface area contributed by atoms with Gasteiger partial charge in [-0.1, -0.05) is 49.4 Å². The minimum absolute atomic E-state index is 0.0104. The van der Waals surface area contributed by atoms with E-state index in [2.05, 4.69) is 44.7 Å². The van der Waals surface area contributed by atoms with Crippen molar-refractivity contribution in [3.8, 4) is 0 Å². The Balaban J connectivity index is 1.98. The van der Waals surface area contributed by atoms with Crippen LogP contribution in [0.25, 0.3) is 10.2 Å². The van der Waals surface area contributed by atoms with Gasteiger partial charge in [0.2, 0.25) is 0 Å². The third-order valence-corrected chi connectivity index (χ3v) is 5.87. The molecule has 1 heterocycles. The molecular weight excluding hydrogens is 354 g/mol. The van der Waals surface area contributed by atoms with Crippen LogP contribution in [-0.4, -0.2) is 42.0 Å². The molecule has 0 saturated heterocycles. The molecule has 27 heavy (non-hydrogen) atoms. The summed E-state index contributed by atoms with van der Waals surface area (Å²) in [4.78, 5) is 22.2. The average Bonchev–Trinajstić information content (AvgIpc) is 3.09. The Bertz CT molecular complexity index is 916. The molecule has 142 valence electrons. The lowest BCUT2D eigenvalue weighted by Gasteiger charge is -2.24. The Labute approximate surface area is 165 Å². The van der Waals surface area contributed by atoms with Crippen LogP contribution in [0, 0.1) is 13.8 Å². The van der Waals surface area contributed by atoms with Crippen LogP contribution >= 0.6 is 11.3 Å². The molecule has 3 rings (SSSR count). The molecule has 0 radical (unpaired) electrons. The summed E-state index contributed by atoms with van der Waals surface area (Å²) >= 11 is 1.60. The molecule has 0 unspecified atom stereocenters.